The van der Waals surface area contributed by atoms with E-state index in [0.717, 1.165) is 39.3 Å². The number of fused-ring (bicyclic) bond motifs is 23. The minimum absolute atomic E-state index is 0.000256. The van der Waals surface area contributed by atoms with Gasteiger partial charge in [0.05, 0.1) is 49.7 Å². The Labute approximate surface area is 873 Å². The molecular formula is C101H144BN21O26S. The number of aromatic hydroxyl groups is 1. The summed E-state index contributed by atoms with van der Waals surface area (Å²) < 4.78 is 13.4. The number of H-pyrrole nitrogens is 1. The average molecular weight is 2110 g/mol. The van der Waals surface area contributed by atoms with Gasteiger partial charge in [-0.3, -0.25) is 86.4 Å². The van der Waals surface area contributed by atoms with Crippen LogP contribution >= 0.6 is 11.8 Å². The first-order chi connectivity index (χ1) is 71.2. The number of nitrogens with zero attached hydrogens (tertiary/aromatic N) is 6. The molecule has 5 aliphatic rings. The lowest BCUT2D eigenvalue weighted by molar-refractivity contribution is -0.149. The number of hydrogen-bond donors (Lipinski definition) is 22. The first kappa shape index (κ1) is 119. The van der Waals surface area contributed by atoms with Crippen LogP contribution in [-0.2, 0) is 123 Å². The number of likely N-dealkylation sites (tertiary alicyclic amines) is 1. The molecule has 19 atom stereocenters. The van der Waals surface area contributed by atoms with Crippen LogP contribution < -0.4 is 80.7 Å². The number of carbonyl (C=O) groups is 17. The SMILES string of the molecule is CCCC[C@@H](C(=O)N[C@@H](CC(C)C)C(=O)N[C@@H](CSCC(=O)N[C@@H](Cc1ccc(O)cc1)C(=O)N(C)[C@@H](C)C(=O)N[C@@H](CC(N)=O)C(=O)N1CCC[C@H]1C(=O)N[C@H]1CNC[C@@H](O)[C@@H](O)[C@H](O)[C@@H]2OB(OCC2O)c2ccc(cc2)CNCC[C@@H](C(=O)N[C@@H](Cc2cn(CC(=O)O)c3ccccc23)C(=O)N(C)C)NC(=O)[C@H](Cc2c[nH]c3ccccc23)NC(=O)[C@@H]2C[C@@H](O)CN2C(=O)[C@H](CC(C)C)NC1=O)C(=O)NCC(N)=O)N(C)C. The van der Waals surface area contributed by atoms with Crippen LogP contribution in [0.1, 0.15) is 128 Å². The largest absolute Gasteiger partial charge is 0.508 e. The van der Waals surface area contributed by atoms with Gasteiger partial charge in [-0.1, -0.05) is 120 Å². The second kappa shape index (κ2) is 56.0. The van der Waals surface area contributed by atoms with Crippen molar-refractivity contribution in [2.45, 2.75) is 253 Å². The molecule has 4 aromatic carbocycles. The fraction of sp³-hybridized carbons (Fsp3) is 0.554. The molecule has 11 rings (SSSR count). The number of carboxylic acid groups (broad SMARTS) is 1. The van der Waals surface area contributed by atoms with Crippen LogP contribution in [-0.4, -0.2) is 385 Å². The number of rotatable bonds is 40. The van der Waals surface area contributed by atoms with Crippen molar-refractivity contribution < 1.29 is 127 Å². The molecule has 3 fully saturated rings. The number of para-hydroxylation sites is 2. The monoisotopic (exact) mass is 2110 g/mol. The van der Waals surface area contributed by atoms with E-state index in [1.807, 2.05) is 20.8 Å². The van der Waals surface area contributed by atoms with Crippen LogP contribution in [0.25, 0.3) is 21.8 Å². The van der Waals surface area contributed by atoms with E-state index in [2.05, 4.69) is 68.8 Å². The highest BCUT2D eigenvalue weighted by Crippen LogP contribution is 2.29. The number of aromatic nitrogens is 2. The number of aliphatic hydroxyl groups is 5. The summed E-state index contributed by atoms with van der Waals surface area (Å²) >= 11 is 0.837. The summed E-state index contributed by atoms with van der Waals surface area (Å²) in [4.78, 5) is 254. The molecule has 2 aromatic heterocycles. The van der Waals surface area contributed by atoms with Crippen LogP contribution in [0.5, 0.6) is 5.75 Å². The van der Waals surface area contributed by atoms with Crippen molar-refractivity contribution in [2.24, 2.45) is 23.3 Å². The molecule has 24 N–H and O–H groups in total. The predicted molar refractivity (Wildman–Crippen MR) is 551 cm³/mol. The number of aliphatic carboxylic acids is 1. The molecule has 150 heavy (non-hydrogen) atoms. The third-order valence-corrected chi connectivity index (χ3v) is 27.8. The summed E-state index contributed by atoms with van der Waals surface area (Å²) in [5, 5.41) is 112. The Morgan fingerprint density at radius 1 is 0.653 bits per heavy atom. The predicted octanol–water partition coefficient (Wildman–Crippen LogP) is -5.05. The summed E-state index contributed by atoms with van der Waals surface area (Å²) in [6.07, 6.45) is -7.76. The highest BCUT2D eigenvalue weighted by Gasteiger charge is 2.48. The molecular weight excluding hydrogens is 1970 g/mol. The normalized spacial score (nSPS) is 22.3. The number of likely N-dealkylation sites (N-methyl/N-ethyl adjacent to an activating group) is 3. The summed E-state index contributed by atoms with van der Waals surface area (Å²) in [5.41, 5.74) is 14.8. The second-order valence-corrected chi connectivity index (χ2v) is 40.9. The van der Waals surface area contributed by atoms with Gasteiger partial charge in [-0.2, -0.15) is 0 Å². The molecule has 3 saturated heterocycles. The quantitative estimate of drug-likeness (QED) is 0.0160. The van der Waals surface area contributed by atoms with Gasteiger partial charge in [0.2, 0.25) is 94.5 Å². The molecule has 4 bridgehead atoms. The van der Waals surface area contributed by atoms with Crippen LogP contribution in [0.4, 0.5) is 0 Å². The van der Waals surface area contributed by atoms with Crippen molar-refractivity contribution in [1.82, 2.24) is 97.9 Å². The Bertz CT molecular complexity index is 5720. The van der Waals surface area contributed by atoms with E-state index in [4.69, 9.17) is 20.8 Å². The molecule has 0 aliphatic carbocycles. The molecule has 0 radical (unpaired) electrons. The fourth-order valence-electron chi connectivity index (χ4n) is 18.6. The lowest BCUT2D eigenvalue weighted by atomic mass is 9.76. The molecule has 0 saturated carbocycles. The number of aromatic amines is 1. The molecule has 0 spiro atoms. The fourth-order valence-corrected chi connectivity index (χ4v) is 19.5. The standard InChI is InChI=1S/C101H144BN21O26S/c1-12-13-22-77(118(7)8)95(141)111-68(36-54(2)3)92(138)117-75(90(136)108-47-83(104)129)52-150-53-84(130)109-71(38-57-27-31-62(124)32-28-57)99(145)120(11)56(6)89(135)113-73(42-82(103)128)100(146)122-35-18-24-78(122)96(142)116-74-45-106-46-80(126)86(133)87(134)88-81(127)51-148-102(149-88)61-29-25-58(26-30-61)43-105-34-33-67(91(137)115-72(98(144)119(9)10)40-60-48-121(50-85(131)132)76-23-17-15-20-65(60)76)110-93(139)69(39-59-44-107-66-21-16-14-19-64(59)66)112-97(143)79-41-63(125)49-123(79)101(147)70(37-55(4)5)114-94(74)140/h14-17,19-21,23,25-32,44,48,54-56,63,67-75,77-81,86-88,105-107,124-127,133-134H,12-13,18,22,24,33-43,45-47,49-53H2,1-11H3,(H2,103,128)(H2,104,129)(H,108,136)(H,109,130)(H,110,139)(H,111,141)(H,112,143)(H,113,135)(H,114,140)(H,115,137)(H,116,142)(H,117,138)(H,131,132)/t56-,63+,67-,68-,69-,70-,71-,72-,73-,74-,75-,77-,78-,79-,80+,81?,86+,87-,88+/m0/s1. The van der Waals surface area contributed by atoms with E-state index in [1.54, 1.807) is 118 Å². The molecule has 16 amide bonds. The third-order valence-electron chi connectivity index (χ3n) is 26.8. The second-order valence-electron chi connectivity index (χ2n) is 39.9. The van der Waals surface area contributed by atoms with Crippen molar-refractivity contribution in [3.63, 3.8) is 0 Å². The van der Waals surface area contributed by atoms with Gasteiger partial charge in [-0.25, -0.2) is 0 Å². The maximum atomic E-state index is 15.6. The van der Waals surface area contributed by atoms with Gasteiger partial charge in [0.25, 0.3) is 0 Å². The van der Waals surface area contributed by atoms with Gasteiger partial charge >= 0.3 is 13.1 Å². The summed E-state index contributed by atoms with van der Waals surface area (Å²) in [5.74, 6) is -16.9. The van der Waals surface area contributed by atoms with Crippen molar-refractivity contribution in [3.8, 4) is 5.75 Å². The van der Waals surface area contributed by atoms with E-state index >= 15 is 33.6 Å². The first-order valence-corrected chi connectivity index (χ1v) is 51.5. The Kier molecular flexibility index (Phi) is 44.3. The van der Waals surface area contributed by atoms with E-state index < -0.39 is 287 Å². The van der Waals surface area contributed by atoms with E-state index in [9.17, 15) is 83.7 Å². The molecule has 5 aliphatic heterocycles. The third kappa shape index (κ3) is 33.4. The minimum Gasteiger partial charge on any atom is -0.508 e. The van der Waals surface area contributed by atoms with Gasteiger partial charge in [0.1, 0.15) is 103 Å². The number of benzene rings is 4. The van der Waals surface area contributed by atoms with Gasteiger partial charge in [0, 0.05) is 120 Å². The van der Waals surface area contributed by atoms with Gasteiger partial charge in [-0.15, -0.1) is 11.8 Å². The van der Waals surface area contributed by atoms with Crippen molar-refractivity contribution >= 4 is 147 Å². The number of amides is 16. The lowest BCUT2D eigenvalue weighted by Crippen LogP contribution is -2.62. The number of phenols is 1. The molecule has 1 unspecified atom stereocenters. The number of primary amides is 2. The molecule has 818 valence electrons. The molecule has 6 aromatic rings. The zero-order valence-electron chi connectivity index (χ0n) is 86.2. The highest BCUT2D eigenvalue weighted by molar-refractivity contribution is 8.00. The number of carboxylic acids is 1. The van der Waals surface area contributed by atoms with E-state index in [-0.39, 0.29) is 88.4 Å². The Morgan fingerprint density at radius 3 is 1.99 bits per heavy atom. The van der Waals surface area contributed by atoms with Gasteiger partial charge < -0.3 is 149 Å². The zero-order chi connectivity index (χ0) is 110. The van der Waals surface area contributed by atoms with Crippen molar-refractivity contribution in [2.75, 3.05) is 92.6 Å². The number of carbonyl (C=O) groups excluding carboxylic acids is 16. The number of phenolic OH excluding ortho intramolecular Hbond substituents is 1. The van der Waals surface area contributed by atoms with Crippen molar-refractivity contribution in [1.29, 1.82) is 0 Å². The Morgan fingerprint density at radius 2 is 1.33 bits per heavy atom. The maximum Gasteiger partial charge on any atom is 0.494 e. The van der Waals surface area contributed by atoms with Crippen molar-refractivity contribution in [3.05, 3.63) is 132 Å². The average Bonchev–Trinajstić information content (AvgIpc) is 1.63. The maximum absolute atomic E-state index is 15.6. The molecule has 47 nitrogen and oxygen atoms in total. The first-order valence-electron chi connectivity index (χ1n) is 50.4. The number of unbranched alkanes of at least 4 members (excludes halogenated alkanes) is 1. The topological polar surface area (TPSA) is 684 Å². The molecule has 49 heteroatoms. The Balaban J connectivity index is 0.899. The number of hydrogen-bond acceptors (Lipinski definition) is 29. The number of thioether (sulfide) groups is 1. The summed E-state index contributed by atoms with van der Waals surface area (Å²) in [6, 6.07) is 7.17. The van der Waals surface area contributed by atoms with E-state index in [0.29, 0.717) is 55.9 Å². The van der Waals surface area contributed by atoms with Crippen LogP contribution in [0.2, 0.25) is 0 Å². The number of aliphatic hydroxyl groups excluding tert-OH is 5. The van der Waals surface area contributed by atoms with E-state index in [1.165, 1.54) is 61.8 Å². The lowest BCUT2D eigenvalue weighted by Gasteiger charge is -2.37. The van der Waals surface area contributed by atoms with Gasteiger partial charge in [0.15, 0.2) is 0 Å². The number of nitrogens with two attached hydrogens (primary N) is 2. The molecule has 7 heterocycles. The Hall–Kier alpha value is -13.2. The van der Waals surface area contributed by atoms with Crippen LogP contribution in [0.15, 0.2) is 109 Å². The summed E-state index contributed by atoms with van der Waals surface area (Å²) in [6.45, 7) is 6.85. The smallest absolute Gasteiger partial charge is 0.494 e. The minimum atomic E-state index is -2.13. The zero-order valence-corrected chi connectivity index (χ0v) is 87.0. The van der Waals surface area contributed by atoms with Crippen LogP contribution in [0.3, 0.4) is 0 Å². The van der Waals surface area contributed by atoms with Gasteiger partial charge in [-0.05, 0) is 130 Å². The highest BCUT2D eigenvalue weighted by atomic mass is 32.2. The van der Waals surface area contributed by atoms with Crippen LogP contribution in [0, 0.1) is 11.8 Å². The summed E-state index contributed by atoms with van der Waals surface area (Å²) in [7, 11) is 6.36. The number of nitrogens with one attached hydrogen (secondary N) is 13.